The van der Waals surface area contributed by atoms with Gasteiger partial charge < -0.3 is 19.3 Å². The fourth-order valence-electron chi connectivity index (χ4n) is 2.75. The molecule has 1 N–H and O–H groups in total. The van der Waals surface area contributed by atoms with Crippen molar-refractivity contribution in [3.63, 3.8) is 0 Å². The van der Waals surface area contributed by atoms with E-state index in [2.05, 4.69) is 31.4 Å². The van der Waals surface area contributed by atoms with Gasteiger partial charge in [-0.1, -0.05) is 19.0 Å². The van der Waals surface area contributed by atoms with E-state index < -0.39 is 0 Å². The molecule has 3 rings (SSSR count). The maximum atomic E-state index is 12.9. The van der Waals surface area contributed by atoms with Gasteiger partial charge in [0, 0.05) is 11.5 Å². The molecular formula is C19H24BrN3O4. The van der Waals surface area contributed by atoms with Gasteiger partial charge >= 0.3 is 0 Å². The van der Waals surface area contributed by atoms with Gasteiger partial charge in [0.25, 0.3) is 5.91 Å². The number of amides is 1. The molecular weight excluding hydrogens is 414 g/mol. The molecule has 27 heavy (non-hydrogen) atoms. The van der Waals surface area contributed by atoms with Crippen LogP contribution in [-0.4, -0.2) is 29.8 Å². The van der Waals surface area contributed by atoms with Gasteiger partial charge in [-0.3, -0.25) is 4.79 Å². The first-order valence-electron chi connectivity index (χ1n) is 9.09. The smallest absolute Gasteiger partial charge is 0.252 e. The fraction of sp³-hybridized carbons (Fsp3) is 0.526. The summed E-state index contributed by atoms with van der Waals surface area (Å²) in [7, 11) is 1.54. The third-order valence-corrected chi connectivity index (χ3v) is 4.99. The number of carbonyl (C=O) groups is 1. The summed E-state index contributed by atoms with van der Waals surface area (Å²) in [5.41, 5.74) is 0.453. The number of ether oxygens (including phenoxy) is 2. The molecule has 1 aromatic heterocycles. The van der Waals surface area contributed by atoms with Gasteiger partial charge in [-0.25, -0.2) is 0 Å². The van der Waals surface area contributed by atoms with Gasteiger partial charge in [0.2, 0.25) is 5.89 Å². The first kappa shape index (κ1) is 19.7. The molecule has 7 nitrogen and oxygen atoms in total. The summed E-state index contributed by atoms with van der Waals surface area (Å²) in [6.45, 7) is 6.39. The van der Waals surface area contributed by atoms with Gasteiger partial charge in [-0.15, -0.1) is 0 Å². The Labute approximate surface area is 166 Å². The molecule has 0 spiro atoms. The van der Waals surface area contributed by atoms with Crippen molar-refractivity contribution >= 4 is 21.8 Å². The predicted octanol–water partition coefficient (Wildman–Crippen LogP) is 4.24. The zero-order chi connectivity index (χ0) is 19.6. The van der Waals surface area contributed by atoms with Crippen LogP contribution in [0.2, 0.25) is 0 Å². The second-order valence-corrected chi connectivity index (χ2v) is 7.74. The van der Waals surface area contributed by atoms with Crippen LogP contribution in [0.15, 0.2) is 21.1 Å². The maximum Gasteiger partial charge on any atom is 0.252 e. The number of nitrogens with one attached hydrogen (secondary N) is 1. The molecule has 8 heteroatoms. The van der Waals surface area contributed by atoms with E-state index in [0.717, 1.165) is 18.7 Å². The summed E-state index contributed by atoms with van der Waals surface area (Å²) < 4.78 is 17.0. The second-order valence-electron chi connectivity index (χ2n) is 6.88. The van der Waals surface area contributed by atoms with E-state index in [4.69, 9.17) is 14.0 Å². The van der Waals surface area contributed by atoms with Crippen molar-refractivity contribution in [2.45, 2.75) is 45.6 Å². The molecule has 1 aliphatic rings. The zero-order valence-electron chi connectivity index (χ0n) is 15.9. The molecule has 1 aliphatic carbocycles. The number of aromatic nitrogens is 2. The molecule has 0 saturated heterocycles. The van der Waals surface area contributed by atoms with Crippen LogP contribution in [0, 0.1) is 5.92 Å². The normalized spacial score (nSPS) is 14.9. The van der Waals surface area contributed by atoms with Crippen molar-refractivity contribution in [2.24, 2.45) is 5.92 Å². The molecule has 146 valence electrons. The van der Waals surface area contributed by atoms with Crippen LogP contribution in [0.3, 0.4) is 0 Å². The highest BCUT2D eigenvalue weighted by molar-refractivity contribution is 9.10. The van der Waals surface area contributed by atoms with Crippen LogP contribution in [0.5, 0.6) is 11.5 Å². The number of hydrogen-bond donors (Lipinski definition) is 1. The number of benzene rings is 1. The Balaban J connectivity index is 1.82. The lowest BCUT2D eigenvalue weighted by Gasteiger charge is -2.19. The molecule has 1 atom stereocenters. The van der Waals surface area contributed by atoms with E-state index in [0.29, 0.717) is 40.0 Å². The quantitative estimate of drug-likeness (QED) is 0.664. The van der Waals surface area contributed by atoms with E-state index in [1.165, 1.54) is 0 Å². The highest BCUT2D eigenvalue weighted by Crippen LogP contribution is 2.39. The van der Waals surface area contributed by atoms with Crippen LogP contribution in [-0.2, 0) is 0 Å². The van der Waals surface area contributed by atoms with Gasteiger partial charge in [0.1, 0.15) is 6.04 Å². The SMILES string of the molecule is CCOc1c(Br)cc(C(=O)NC(c2nc(C3CC3)no2)C(C)C)cc1OC. The summed E-state index contributed by atoms with van der Waals surface area (Å²) in [6, 6.07) is 3.00. The molecule has 1 aromatic carbocycles. The van der Waals surface area contributed by atoms with Crippen LogP contribution >= 0.6 is 15.9 Å². The van der Waals surface area contributed by atoms with Gasteiger partial charge in [0.15, 0.2) is 17.3 Å². The van der Waals surface area contributed by atoms with Gasteiger partial charge in [-0.05, 0) is 53.7 Å². The average molecular weight is 438 g/mol. The zero-order valence-corrected chi connectivity index (χ0v) is 17.5. The first-order valence-corrected chi connectivity index (χ1v) is 9.88. The highest BCUT2D eigenvalue weighted by atomic mass is 79.9. The molecule has 1 amide bonds. The lowest BCUT2D eigenvalue weighted by molar-refractivity contribution is 0.0913. The fourth-order valence-corrected chi connectivity index (χ4v) is 3.31. The second kappa shape index (κ2) is 8.29. The summed E-state index contributed by atoms with van der Waals surface area (Å²) in [6.07, 6.45) is 2.19. The van der Waals surface area contributed by atoms with Crippen molar-refractivity contribution in [3.8, 4) is 11.5 Å². The monoisotopic (exact) mass is 437 g/mol. The Hall–Kier alpha value is -2.09. The van der Waals surface area contributed by atoms with Crippen LogP contribution in [0.25, 0.3) is 0 Å². The number of carbonyl (C=O) groups excluding carboxylic acids is 1. The Morgan fingerprint density at radius 1 is 1.41 bits per heavy atom. The number of halogens is 1. The minimum atomic E-state index is -0.367. The summed E-state index contributed by atoms with van der Waals surface area (Å²) in [5, 5.41) is 7.05. The predicted molar refractivity (Wildman–Crippen MR) is 103 cm³/mol. The molecule has 1 fully saturated rings. The highest BCUT2D eigenvalue weighted by Gasteiger charge is 2.32. The lowest BCUT2D eigenvalue weighted by Crippen LogP contribution is -2.32. The molecule has 0 bridgehead atoms. The minimum Gasteiger partial charge on any atom is -0.493 e. The standard InChI is InChI=1S/C19H24BrN3O4/c1-5-26-16-13(20)8-12(9-14(16)25-4)18(24)21-15(10(2)3)19-22-17(23-27-19)11-6-7-11/h8-11,15H,5-7H2,1-4H3,(H,21,24). The third-order valence-electron chi connectivity index (χ3n) is 4.40. The van der Waals surface area contributed by atoms with E-state index >= 15 is 0 Å². The number of methoxy groups -OCH3 is 1. The van der Waals surface area contributed by atoms with Crippen molar-refractivity contribution in [1.82, 2.24) is 15.5 Å². The molecule has 0 aliphatic heterocycles. The van der Waals surface area contributed by atoms with E-state index in [9.17, 15) is 4.79 Å². The van der Waals surface area contributed by atoms with Gasteiger partial charge in [0.05, 0.1) is 18.2 Å². The molecule has 1 saturated carbocycles. The summed E-state index contributed by atoms with van der Waals surface area (Å²) >= 11 is 3.45. The summed E-state index contributed by atoms with van der Waals surface area (Å²) in [5.74, 6) is 2.48. The number of rotatable bonds is 8. The lowest BCUT2D eigenvalue weighted by atomic mass is 10.0. The van der Waals surface area contributed by atoms with Crippen molar-refractivity contribution in [2.75, 3.05) is 13.7 Å². The summed E-state index contributed by atoms with van der Waals surface area (Å²) in [4.78, 5) is 17.3. The Bertz CT molecular complexity index is 817. The minimum absolute atomic E-state index is 0.0921. The number of nitrogens with zero attached hydrogens (tertiary/aromatic N) is 2. The van der Waals surface area contributed by atoms with Crippen LogP contribution < -0.4 is 14.8 Å². The topological polar surface area (TPSA) is 86.5 Å². The third kappa shape index (κ3) is 4.43. The molecule has 1 heterocycles. The van der Waals surface area contributed by atoms with Crippen LogP contribution in [0.4, 0.5) is 0 Å². The molecule has 2 aromatic rings. The van der Waals surface area contributed by atoms with E-state index in [1.54, 1.807) is 19.2 Å². The van der Waals surface area contributed by atoms with Crippen molar-refractivity contribution in [1.29, 1.82) is 0 Å². The van der Waals surface area contributed by atoms with Crippen LogP contribution in [0.1, 0.15) is 67.6 Å². The van der Waals surface area contributed by atoms with Crippen molar-refractivity contribution in [3.05, 3.63) is 33.9 Å². The average Bonchev–Trinajstić information content (AvgIpc) is 3.38. The van der Waals surface area contributed by atoms with Gasteiger partial charge in [-0.2, -0.15) is 4.98 Å². The van der Waals surface area contributed by atoms with E-state index in [-0.39, 0.29) is 17.9 Å². The Kier molecular flexibility index (Phi) is 6.04. The van der Waals surface area contributed by atoms with Crippen molar-refractivity contribution < 1.29 is 18.8 Å². The largest absolute Gasteiger partial charge is 0.493 e. The molecule has 1 unspecified atom stereocenters. The Morgan fingerprint density at radius 3 is 2.74 bits per heavy atom. The maximum absolute atomic E-state index is 12.9. The number of hydrogen-bond acceptors (Lipinski definition) is 6. The Morgan fingerprint density at radius 2 is 2.15 bits per heavy atom. The van der Waals surface area contributed by atoms with E-state index in [1.807, 2.05) is 20.8 Å². The first-order chi connectivity index (χ1) is 12.9. The molecule has 0 radical (unpaired) electrons.